The highest BCUT2D eigenvalue weighted by Crippen LogP contribution is 2.45. The first-order valence-electron chi connectivity index (χ1n) is 26.8. The Bertz CT molecular complexity index is 2250. The summed E-state index contributed by atoms with van der Waals surface area (Å²) >= 11 is 0. The Hall–Kier alpha value is -3.64. The van der Waals surface area contributed by atoms with Gasteiger partial charge in [-0.2, -0.15) is 0 Å². The van der Waals surface area contributed by atoms with Crippen molar-refractivity contribution in [3.05, 3.63) is 60.3 Å². The third-order valence-corrected chi connectivity index (χ3v) is 16.9. The number of hydrogen-bond donors (Lipinski definition) is 5. The minimum Gasteiger partial charge on any atom is -0.459 e. The number of aromatic nitrogens is 5. The highest BCUT2D eigenvalue weighted by molar-refractivity contribution is 5.73. The summed E-state index contributed by atoms with van der Waals surface area (Å²) in [4.78, 5) is 27.1. The third kappa shape index (κ3) is 13.6. The Balaban J connectivity index is 1.26. The first-order valence-corrected chi connectivity index (χ1v) is 26.8. The van der Waals surface area contributed by atoms with E-state index in [0.717, 1.165) is 11.1 Å². The van der Waals surface area contributed by atoms with Crippen molar-refractivity contribution in [2.45, 2.75) is 197 Å². The lowest BCUT2D eigenvalue weighted by Gasteiger charge is -2.51. The summed E-state index contributed by atoms with van der Waals surface area (Å²) in [6, 6.07) is 5.69. The number of benzene rings is 1. The summed E-state index contributed by atoms with van der Waals surface area (Å²) in [5.74, 6) is -3.27. The van der Waals surface area contributed by atoms with Crippen molar-refractivity contribution in [3.63, 3.8) is 0 Å². The fraction of sp³-hybridized carbons (Fsp3) is 0.764. The predicted molar refractivity (Wildman–Crippen MR) is 278 cm³/mol. The number of carbonyl (C=O) groups excluding carboxylic acids is 1. The number of hydrogen-bond acceptors (Lipinski definition) is 18. The number of alkyl halides is 1. The van der Waals surface area contributed by atoms with E-state index < -0.39 is 127 Å². The molecule has 6 rings (SSSR count). The Labute approximate surface area is 443 Å². The van der Waals surface area contributed by atoms with Gasteiger partial charge in [-0.25, -0.2) is 9.07 Å². The summed E-state index contributed by atoms with van der Waals surface area (Å²) in [5.41, 5.74) is -1.58. The second kappa shape index (κ2) is 25.4. The van der Waals surface area contributed by atoms with Crippen LogP contribution in [0.25, 0.3) is 11.3 Å². The molecule has 3 saturated heterocycles. The Morgan fingerprint density at radius 1 is 0.973 bits per heavy atom. The number of esters is 1. The standard InChI is InChI=1S/C55H88FN7O12/c1-15-44-55(10,69)48(65)35(6)62(12)29-31(2)25-53(8,68)50(33(4)45(34(5)51(67)74-44)43-26-54(9,71-14)49(66)36(7)73-43)75-52-46(64)41(24-32(3)72-52)61(11)23-20-39-30-63(60-59-39)42(27-56)47(70-13)38-18-16-37(17-19-38)40-28-57-21-22-58-40/h16-19,21-22,28,30-36,41-50,52,64-66,68-69H,15,20,23-27,29H2,1-14H3/t31-,32-,33+,34-,35-,36+,41+,42-,43?,44-,45+,46-,47-,48-,49+,50-,52+,53-,54-,55-/m1/s1. The van der Waals surface area contributed by atoms with Crippen LogP contribution in [-0.4, -0.2) is 198 Å². The van der Waals surface area contributed by atoms with Crippen LogP contribution >= 0.6 is 0 Å². The maximum absolute atomic E-state index is 14.9. The third-order valence-electron chi connectivity index (χ3n) is 16.9. The first kappa shape index (κ1) is 60.6. The van der Waals surface area contributed by atoms with Crippen molar-refractivity contribution in [1.29, 1.82) is 0 Å². The van der Waals surface area contributed by atoms with Crippen molar-refractivity contribution in [2.75, 3.05) is 48.1 Å². The number of methoxy groups -OCH3 is 2. The van der Waals surface area contributed by atoms with Crippen LogP contribution in [0.15, 0.2) is 49.1 Å². The highest BCUT2D eigenvalue weighted by Gasteiger charge is 2.55. The molecule has 19 nitrogen and oxygen atoms in total. The van der Waals surface area contributed by atoms with Crippen molar-refractivity contribution >= 4 is 5.97 Å². The van der Waals surface area contributed by atoms with Gasteiger partial charge in [0.25, 0.3) is 0 Å². The molecule has 0 saturated carbocycles. The molecule has 20 atom stereocenters. The molecule has 0 aliphatic carbocycles. The van der Waals surface area contributed by atoms with E-state index in [0.29, 0.717) is 37.3 Å². The van der Waals surface area contributed by atoms with Crippen molar-refractivity contribution < 1.29 is 63.1 Å². The first-order chi connectivity index (χ1) is 35.3. The zero-order valence-electron chi connectivity index (χ0n) is 46.7. The van der Waals surface area contributed by atoms with Gasteiger partial charge in [0.05, 0.1) is 59.1 Å². The molecule has 3 aromatic rings. The summed E-state index contributed by atoms with van der Waals surface area (Å²) in [5, 5.41) is 69.0. The average Bonchev–Trinajstić information content (AvgIpc) is 3.85. The van der Waals surface area contributed by atoms with Crippen LogP contribution in [0.2, 0.25) is 0 Å². The van der Waals surface area contributed by atoms with Crippen LogP contribution in [0.4, 0.5) is 4.39 Å². The molecule has 1 aromatic carbocycles. The van der Waals surface area contributed by atoms with Gasteiger partial charge in [0.2, 0.25) is 0 Å². The minimum atomic E-state index is -1.83. The number of ether oxygens (including phenoxy) is 6. The zero-order chi connectivity index (χ0) is 55.3. The molecule has 75 heavy (non-hydrogen) atoms. The van der Waals surface area contributed by atoms with Gasteiger partial charge in [-0.15, -0.1) is 5.10 Å². The van der Waals surface area contributed by atoms with Crippen LogP contribution in [0, 0.1) is 23.7 Å². The number of likely N-dealkylation sites (N-methyl/N-ethyl adjacent to an activating group) is 2. The number of halogens is 1. The van der Waals surface area contributed by atoms with Gasteiger partial charge in [-0.1, -0.05) is 57.2 Å². The molecule has 0 bridgehead atoms. The number of nitrogens with zero attached hydrogens (tertiary/aromatic N) is 7. The molecular weight excluding hydrogens is 970 g/mol. The van der Waals surface area contributed by atoms with Gasteiger partial charge < -0.3 is 63.8 Å². The van der Waals surface area contributed by atoms with Gasteiger partial charge in [-0.3, -0.25) is 14.8 Å². The lowest BCUT2D eigenvalue weighted by molar-refractivity contribution is -0.302. The van der Waals surface area contributed by atoms with Crippen LogP contribution < -0.4 is 0 Å². The van der Waals surface area contributed by atoms with E-state index in [2.05, 4.69) is 20.3 Å². The summed E-state index contributed by atoms with van der Waals surface area (Å²) in [7, 11) is 6.79. The SMILES string of the molecule is CC[C@H]1OC(=O)[C@H](C)[C@@H](C2C[C@@](C)(OC)[C@@H](O)[C@H](C)O2)[C@H](C)[C@@H](O[C@@H]2O[C@H](C)C[C@H](N(C)CCc3cn([C@H](CF)[C@H](OC)c4ccc(-c5cnccn5)cc4)nn3)[C@H]2O)[C@](C)(O)C[C@@H](C)CN(C)[C@H](C)[C@@H](O)[C@]1(C)O. The number of carbonyl (C=O) groups is 1. The van der Waals surface area contributed by atoms with Crippen molar-refractivity contribution in [3.8, 4) is 11.3 Å². The van der Waals surface area contributed by atoms with Crippen LogP contribution in [0.3, 0.4) is 0 Å². The molecule has 0 radical (unpaired) electrons. The van der Waals surface area contributed by atoms with Crippen molar-refractivity contribution in [2.24, 2.45) is 23.7 Å². The number of aliphatic hydroxyl groups excluding tert-OH is 3. The average molecular weight is 1060 g/mol. The summed E-state index contributed by atoms with van der Waals surface area (Å²) in [6.07, 6.45) is -1.38. The van der Waals surface area contributed by atoms with Gasteiger partial charge in [0.1, 0.15) is 48.8 Å². The maximum atomic E-state index is 14.9. The molecule has 0 amide bonds. The fourth-order valence-electron chi connectivity index (χ4n) is 12.4. The number of aliphatic hydroxyl groups is 5. The van der Waals surface area contributed by atoms with E-state index in [9.17, 15) is 34.7 Å². The molecule has 0 spiro atoms. The zero-order valence-corrected chi connectivity index (χ0v) is 46.7. The largest absolute Gasteiger partial charge is 0.459 e. The van der Waals surface area contributed by atoms with Crippen LogP contribution in [0.5, 0.6) is 0 Å². The second-order valence-electron chi connectivity index (χ2n) is 22.8. The van der Waals surface area contributed by atoms with Gasteiger partial charge in [0.15, 0.2) is 6.29 Å². The molecule has 5 heterocycles. The Morgan fingerprint density at radius 2 is 1.67 bits per heavy atom. The lowest BCUT2D eigenvalue weighted by atomic mass is 9.68. The fourth-order valence-corrected chi connectivity index (χ4v) is 12.4. The van der Waals surface area contributed by atoms with Crippen LogP contribution in [0.1, 0.15) is 118 Å². The molecule has 2 aromatic heterocycles. The van der Waals surface area contributed by atoms with Gasteiger partial charge in [0, 0.05) is 82.3 Å². The van der Waals surface area contributed by atoms with Crippen LogP contribution in [-0.2, 0) is 39.6 Å². The molecule has 3 aliphatic heterocycles. The summed E-state index contributed by atoms with van der Waals surface area (Å²) in [6.45, 7) is 17.9. The smallest absolute Gasteiger partial charge is 0.309 e. The summed E-state index contributed by atoms with van der Waals surface area (Å²) < 4.78 is 54.5. The molecule has 3 aliphatic rings. The Morgan fingerprint density at radius 3 is 2.28 bits per heavy atom. The van der Waals surface area contributed by atoms with Crippen molar-refractivity contribution in [1.82, 2.24) is 34.8 Å². The predicted octanol–water partition coefficient (Wildman–Crippen LogP) is 4.73. The molecule has 422 valence electrons. The molecular formula is C55H88FN7O12. The Kier molecular flexibility index (Phi) is 20.5. The van der Waals surface area contributed by atoms with Gasteiger partial charge >= 0.3 is 5.97 Å². The van der Waals surface area contributed by atoms with E-state index in [1.54, 1.807) is 66.3 Å². The molecule has 20 heteroatoms. The topological polar surface area (TPSA) is 237 Å². The van der Waals surface area contributed by atoms with E-state index in [-0.39, 0.29) is 25.2 Å². The maximum Gasteiger partial charge on any atom is 0.309 e. The highest BCUT2D eigenvalue weighted by atomic mass is 19.1. The van der Waals surface area contributed by atoms with E-state index in [4.69, 9.17) is 28.4 Å². The number of cyclic esters (lactones) is 1. The van der Waals surface area contributed by atoms with E-state index >= 15 is 0 Å². The van der Waals surface area contributed by atoms with Gasteiger partial charge in [-0.05, 0) is 92.3 Å². The number of rotatable bonds is 15. The van der Waals surface area contributed by atoms with E-state index in [1.165, 1.54) is 25.8 Å². The van der Waals surface area contributed by atoms with E-state index in [1.807, 2.05) is 68.9 Å². The second-order valence-corrected chi connectivity index (χ2v) is 22.8. The lowest BCUT2D eigenvalue weighted by Crippen LogP contribution is -2.62. The minimum absolute atomic E-state index is 0.170. The monoisotopic (exact) mass is 1060 g/mol. The quantitative estimate of drug-likeness (QED) is 0.129. The molecule has 5 N–H and O–H groups in total. The molecule has 1 unspecified atom stereocenters. The molecule has 3 fully saturated rings. The normalized spacial score (nSPS) is 38.8.